The summed E-state index contributed by atoms with van der Waals surface area (Å²) in [4.78, 5) is 43.9. The molecule has 0 saturated carbocycles. The molecule has 34 heavy (non-hydrogen) atoms. The molecule has 0 bridgehead atoms. The molecular weight excluding hydrogens is 436 g/mol. The SMILES string of the molecule is CN1CCC(CNC(=O)c2cc(C(=O)NCc3ccc4c(c3)CC(=O)O4)nc3ccnn23)CC1. The first kappa shape index (κ1) is 22.0. The molecule has 0 spiro atoms. The molecule has 0 aliphatic carbocycles. The molecule has 0 unspecified atom stereocenters. The second-order valence-electron chi connectivity index (χ2n) is 8.86. The summed E-state index contributed by atoms with van der Waals surface area (Å²) in [6.07, 6.45) is 3.86. The topological polar surface area (TPSA) is 118 Å². The summed E-state index contributed by atoms with van der Waals surface area (Å²) in [5.74, 6) is 0.0269. The number of ether oxygens (including phenoxy) is 1. The first-order chi connectivity index (χ1) is 16.5. The Morgan fingerprint density at radius 2 is 1.94 bits per heavy atom. The number of nitrogens with one attached hydrogen (secondary N) is 2. The van der Waals surface area contributed by atoms with E-state index in [1.165, 1.54) is 10.6 Å². The summed E-state index contributed by atoms with van der Waals surface area (Å²) in [7, 11) is 2.10. The fraction of sp³-hybridized carbons (Fsp3) is 0.375. The number of benzene rings is 1. The standard InChI is InChI=1S/C24H26N6O4/c1-29-8-5-15(6-9-29)13-26-24(33)19-12-18(28-21-4-7-27-30(19)21)23(32)25-14-16-2-3-20-17(10-16)11-22(31)34-20/h2-4,7,10,12,15H,5-6,8-9,11,13-14H2,1H3,(H,25,32)(H,26,33). The molecule has 2 amide bonds. The van der Waals surface area contributed by atoms with Crippen LogP contribution >= 0.6 is 0 Å². The Kier molecular flexibility index (Phi) is 5.97. The second kappa shape index (κ2) is 9.22. The maximum Gasteiger partial charge on any atom is 0.315 e. The minimum Gasteiger partial charge on any atom is -0.426 e. The van der Waals surface area contributed by atoms with Crippen molar-refractivity contribution >= 4 is 23.4 Å². The molecule has 0 atom stereocenters. The molecule has 10 nitrogen and oxygen atoms in total. The fourth-order valence-electron chi connectivity index (χ4n) is 4.35. The molecule has 0 radical (unpaired) electrons. The summed E-state index contributed by atoms with van der Waals surface area (Å²) in [6, 6.07) is 8.49. The third-order valence-electron chi connectivity index (χ3n) is 6.35. The Morgan fingerprint density at radius 3 is 2.76 bits per heavy atom. The Morgan fingerprint density at radius 1 is 1.12 bits per heavy atom. The number of rotatable bonds is 6. The number of hydrogen-bond acceptors (Lipinski definition) is 7. The number of esters is 1. The smallest absolute Gasteiger partial charge is 0.315 e. The van der Waals surface area contributed by atoms with Gasteiger partial charge in [-0.1, -0.05) is 6.07 Å². The van der Waals surface area contributed by atoms with Crippen LogP contribution in [0.25, 0.3) is 5.65 Å². The van der Waals surface area contributed by atoms with Crippen molar-refractivity contribution in [3.8, 4) is 5.75 Å². The average molecular weight is 463 g/mol. The highest BCUT2D eigenvalue weighted by Crippen LogP contribution is 2.26. The lowest BCUT2D eigenvalue weighted by atomic mass is 9.97. The number of carbonyl (C=O) groups is 3. The van der Waals surface area contributed by atoms with Crippen molar-refractivity contribution in [3.63, 3.8) is 0 Å². The van der Waals surface area contributed by atoms with Gasteiger partial charge in [0.2, 0.25) is 0 Å². The van der Waals surface area contributed by atoms with Gasteiger partial charge < -0.3 is 20.3 Å². The molecule has 1 fully saturated rings. The zero-order chi connectivity index (χ0) is 23.7. The van der Waals surface area contributed by atoms with Crippen molar-refractivity contribution < 1.29 is 19.1 Å². The number of amides is 2. The van der Waals surface area contributed by atoms with Gasteiger partial charge in [0.25, 0.3) is 11.8 Å². The van der Waals surface area contributed by atoms with E-state index in [0.717, 1.165) is 37.1 Å². The zero-order valence-electron chi connectivity index (χ0n) is 18.9. The van der Waals surface area contributed by atoms with Crippen molar-refractivity contribution in [2.24, 2.45) is 5.92 Å². The van der Waals surface area contributed by atoms with Crippen molar-refractivity contribution in [3.05, 3.63) is 59.0 Å². The van der Waals surface area contributed by atoms with Gasteiger partial charge >= 0.3 is 5.97 Å². The predicted molar refractivity (Wildman–Crippen MR) is 122 cm³/mol. The second-order valence-corrected chi connectivity index (χ2v) is 8.86. The predicted octanol–water partition coefficient (Wildman–Crippen LogP) is 1.19. The molecule has 4 heterocycles. The fourth-order valence-corrected chi connectivity index (χ4v) is 4.35. The number of nitrogens with zero attached hydrogens (tertiary/aromatic N) is 4. The van der Waals surface area contributed by atoms with Crippen LogP contribution < -0.4 is 15.4 Å². The van der Waals surface area contributed by atoms with E-state index >= 15 is 0 Å². The maximum absolute atomic E-state index is 13.0. The van der Waals surface area contributed by atoms with Crippen LogP contribution in [0.5, 0.6) is 5.75 Å². The van der Waals surface area contributed by atoms with Crippen molar-refractivity contribution in [1.82, 2.24) is 30.1 Å². The highest BCUT2D eigenvalue weighted by atomic mass is 16.5. The van der Waals surface area contributed by atoms with Crippen LogP contribution in [0.1, 0.15) is 44.9 Å². The highest BCUT2D eigenvalue weighted by molar-refractivity contribution is 5.98. The number of hydrogen-bond donors (Lipinski definition) is 2. The van der Waals surface area contributed by atoms with Crippen LogP contribution in [0, 0.1) is 5.92 Å². The largest absolute Gasteiger partial charge is 0.426 e. The Bertz CT molecular complexity index is 1260. The van der Waals surface area contributed by atoms with Crippen molar-refractivity contribution in [1.29, 1.82) is 0 Å². The monoisotopic (exact) mass is 462 g/mol. The molecule has 2 N–H and O–H groups in total. The molecule has 176 valence electrons. The summed E-state index contributed by atoms with van der Waals surface area (Å²) >= 11 is 0. The van der Waals surface area contributed by atoms with E-state index in [4.69, 9.17) is 4.74 Å². The third kappa shape index (κ3) is 4.62. The van der Waals surface area contributed by atoms with Crippen molar-refractivity contribution in [2.75, 3.05) is 26.7 Å². The average Bonchev–Trinajstić information content (AvgIpc) is 3.46. The van der Waals surface area contributed by atoms with E-state index in [1.807, 2.05) is 6.07 Å². The van der Waals surface area contributed by atoms with E-state index in [1.54, 1.807) is 24.4 Å². The molecular formula is C24H26N6O4. The number of aromatic nitrogens is 3. The number of piperidine rings is 1. The number of carbonyl (C=O) groups excluding carboxylic acids is 3. The van der Waals surface area contributed by atoms with E-state index in [-0.39, 0.29) is 36.2 Å². The summed E-state index contributed by atoms with van der Waals surface area (Å²) < 4.78 is 6.55. The first-order valence-electron chi connectivity index (χ1n) is 11.4. The van der Waals surface area contributed by atoms with Crippen LogP contribution in [0.2, 0.25) is 0 Å². The first-order valence-corrected chi connectivity index (χ1v) is 11.4. The van der Waals surface area contributed by atoms with Crippen LogP contribution in [0.15, 0.2) is 36.5 Å². The number of fused-ring (bicyclic) bond motifs is 2. The highest BCUT2D eigenvalue weighted by Gasteiger charge is 2.22. The van der Waals surface area contributed by atoms with Gasteiger partial charge in [0.1, 0.15) is 17.1 Å². The lowest BCUT2D eigenvalue weighted by Crippen LogP contribution is -2.37. The van der Waals surface area contributed by atoms with Gasteiger partial charge in [-0.2, -0.15) is 5.10 Å². The van der Waals surface area contributed by atoms with Gasteiger partial charge in [0.15, 0.2) is 5.65 Å². The maximum atomic E-state index is 13.0. The van der Waals surface area contributed by atoms with Crippen molar-refractivity contribution in [2.45, 2.75) is 25.8 Å². The Balaban J connectivity index is 1.27. The van der Waals surface area contributed by atoms with Gasteiger partial charge in [-0.25, -0.2) is 9.50 Å². The van der Waals surface area contributed by atoms with Crippen LogP contribution in [-0.2, 0) is 17.8 Å². The summed E-state index contributed by atoms with van der Waals surface area (Å²) in [5, 5.41) is 10.0. The van der Waals surface area contributed by atoms with E-state index in [9.17, 15) is 14.4 Å². The van der Waals surface area contributed by atoms with Gasteiger partial charge in [-0.15, -0.1) is 0 Å². The molecule has 3 aromatic rings. The van der Waals surface area contributed by atoms with Crippen LogP contribution in [0.3, 0.4) is 0 Å². The van der Waals surface area contributed by atoms with E-state index < -0.39 is 5.91 Å². The lowest BCUT2D eigenvalue weighted by Gasteiger charge is -2.28. The molecule has 10 heteroatoms. The van der Waals surface area contributed by atoms with Gasteiger partial charge in [-0.05, 0) is 56.6 Å². The lowest BCUT2D eigenvalue weighted by molar-refractivity contribution is -0.131. The quantitative estimate of drug-likeness (QED) is 0.417. The van der Waals surface area contributed by atoms with Crippen LogP contribution in [0.4, 0.5) is 0 Å². The molecule has 2 aromatic heterocycles. The molecule has 2 aliphatic rings. The van der Waals surface area contributed by atoms with Gasteiger partial charge in [-0.3, -0.25) is 14.4 Å². The van der Waals surface area contributed by atoms with Gasteiger partial charge in [0.05, 0.1) is 12.6 Å². The van der Waals surface area contributed by atoms with E-state index in [0.29, 0.717) is 23.9 Å². The summed E-state index contributed by atoms with van der Waals surface area (Å²) in [5.41, 5.74) is 2.47. The Hall–Kier alpha value is -3.79. The Labute approximate surface area is 196 Å². The minimum atomic E-state index is -0.402. The van der Waals surface area contributed by atoms with Gasteiger partial charge in [0, 0.05) is 30.8 Å². The minimum absolute atomic E-state index is 0.136. The normalized spacial score (nSPS) is 16.3. The third-order valence-corrected chi connectivity index (χ3v) is 6.35. The molecule has 2 aliphatic heterocycles. The summed E-state index contributed by atoms with van der Waals surface area (Å²) in [6.45, 7) is 2.89. The zero-order valence-corrected chi connectivity index (χ0v) is 18.9. The molecule has 1 aromatic carbocycles. The molecule has 1 saturated heterocycles. The van der Waals surface area contributed by atoms with E-state index in [2.05, 4.69) is 32.7 Å². The molecule has 5 rings (SSSR count). The van der Waals surface area contributed by atoms with Crippen LogP contribution in [-0.4, -0.2) is 64.0 Å². The number of likely N-dealkylation sites (tertiary alicyclic amines) is 1.